The van der Waals surface area contributed by atoms with Crippen molar-refractivity contribution in [2.45, 2.75) is 0 Å². The SMILES string of the molecule is c1ccc(-c2cnc(-c3cccc(-c4cc5ccc6cccc7c8cccc9ccc%10cccc(c(c4)c5c67)c%10c98)c3)cn2)cc1. The second-order valence-electron chi connectivity index (χ2n) is 12.2. The van der Waals surface area contributed by atoms with Gasteiger partial charge in [-0.25, -0.2) is 0 Å². The van der Waals surface area contributed by atoms with Gasteiger partial charge in [0.1, 0.15) is 0 Å². The van der Waals surface area contributed by atoms with Crippen LogP contribution in [-0.2, 0) is 0 Å². The zero-order valence-corrected chi connectivity index (χ0v) is 24.9. The van der Waals surface area contributed by atoms with Gasteiger partial charge in [0.2, 0.25) is 0 Å². The van der Waals surface area contributed by atoms with Crippen molar-refractivity contribution >= 4 is 64.6 Å². The van der Waals surface area contributed by atoms with Crippen molar-refractivity contribution in [1.82, 2.24) is 9.97 Å². The van der Waals surface area contributed by atoms with Gasteiger partial charge in [0.25, 0.3) is 0 Å². The van der Waals surface area contributed by atoms with Crippen LogP contribution in [0.1, 0.15) is 0 Å². The molecule has 0 unspecified atom stereocenters. The van der Waals surface area contributed by atoms with Crippen molar-refractivity contribution < 1.29 is 0 Å². The minimum atomic E-state index is 0.862. The smallest absolute Gasteiger partial charge is 0.0885 e. The number of benzene rings is 8. The van der Waals surface area contributed by atoms with Crippen LogP contribution >= 0.6 is 0 Å². The first-order valence-corrected chi connectivity index (χ1v) is 15.7. The van der Waals surface area contributed by atoms with E-state index in [4.69, 9.17) is 9.97 Å². The molecule has 0 amide bonds. The molecule has 0 radical (unpaired) electrons. The van der Waals surface area contributed by atoms with Crippen molar-refractivity contribution in [2.75, 3.05) is 0 Å². The molecule has 1 aromatic heterocycles. The summed E-state index contributed by atoms with van der Waals surface area (Å²) in [5.74, 6) is 0. The molecule has 2 heteroatoms. The predicted octanol–water partition coefficient (Wildman–Crippen LogP) is 11.8. The Bertz CT molecular complexity index is 2770. The lowest BCUT2D eigenvalue weighted by molar-refractivity contribution is 1.21. The van der Waals surface area contributed by atoms with E-state index in [0.29, 0.717) is 0 Å². The zero-order chi connectivity index (χ0) is 30.2. The summed E-state index contributed by atoms with van der Waals surface area (Å²) in [6, 6.07) is 53.0. The van der Waals surface area contributed by atoms with Gasteiger partial charge in [-0.05, 0) is 94.0 Å². The molecule has 1 heterocycles. The Morgan fingerprint density at radius 1 is 0.283 bits per heavy atom. The molecular formula is C44H26N2. The topological polar surface area (TPSA) is 25.8 Å². The van der Waals surface area contributed by atoms with E-state index in [1.165, 1.54) is 70.2 Å². The maximum Gasteiger partial charge on any atom is 0.0885 e. The van der Waals surface area contributed by atoms with Crippen molar-refractivity contribution in [1.29, 1.82) is 0 Å². The van der Waals surface area contributed by atoms with Crippen LogP contribution in [0.4, 0.5) is 0 Å². The Labute approximate surface area is 265 Å². The standard InChI is InChI=1S/C44H26N2/c1-2-8-27(9-3-1)39-25-46-40(26-45-39)32-14-4-13-31(22-32)34-23-33-21-20-30-11-6-16-36-35-15-5-10-28-18-19-29-12-7-17-37(43(29)41(28)35)38(24-34)44(33)42(30)36/h1-26H. The fraction of sp³-hybridized carbons (Fsp3) is 0. The molecule has 0 fully saturated rings. The second kappa shape index (κ2) is 9.69. The minimum absolute atomic E-state index is 0.862. The van der Waals surface area contributed by atoms with Gasteiger partial charge in [-0.3, -0.25) is 9.97 Å². The molecule has 0 bridgehead atoms. The van der Waals surface area contributed by atoms with E-state index in [9.17, 15) is 0 Å². The molecule has 0 aliphatic rings. The second-order valence-corrected chi connectivity index (χ2v) is 12.2. The van der Waals surface area contributed by atoms with Crippen LogP contribution in [0.5, 0.6) is 0 Å². The Morgan fingerprint density at radius 3 is 1.37 bits per heavy atom. The van der Waals surface area contributed by atoms with Crippen molar-refractivity contribution in [2.24, 2.45) is 0 Å². The van der Waals surface area contributed by atoms with Crippen LogP contribution in [0.3, 0.4) is 0 Å². The van der Waals surface area contributed by atoms with Gasteiger partial charge in [-0.2, -0.15) is 0 Å². The van der Waals surface area contributed by atoms with Gasteiger partial charge >= 0.3 is 0 Å². The summed E-state index contributed by atoms with van der Waals surface area (Å²) in [5, 5.41) is 15.5. The number of rotatable bonds is 3. The van der Waals surface area contributed by atoms with Gasteiger partial charge in [0.15, 0.2) is 0 Å². The van der Waals surface area contributed by atoms with Crippen LogP contribution < -0.4 is 0 Å². The Hall–Kier alpha value is -6.12. The number of nitrogens with zero attached hydrogens (tertiary/aromatic N) is 2. The van der Waals surface area contributed by atoms with E-state index < -0.39 is 0 Å². The molecule has 10 aromatic rings. The quantitative estimate of drug-likeness (QED) is 0.194. The first-order valence-electron chi connectivity index (χ1n) is 15.7. The summed E-state index contributed by atoms with van der Waals surface area (Å²) < 4.78 is 0. The summed E-state index contributed by atoms with van der Waals surface area (Å²) in [4.78, 5) is 9.56. The fourth-order valence-corrected chi connectivity index (χ4v) is 7.54. The van der Waals surface area contributed by atoms with E-state index in [0.717, 1.165) is 28.1 Å². The molecule has 46 heavy (non-hydrogen) atoms. The van der Waals surface area contributed by atoms with E-state index >= 15 is 0 Å². The van der Waals surface area contributed by atoms with Crippen molar-refractivity contribution in [3.63, 3.8) is 0 Å². The number of hydrogen-bond donors (Lipinski definition) is 0. The average molecular weight is 583 g/mol. The normalized spacial score (nSPS) is 11.9. The Morgan fingerprint density at radius 2 is 0.761 bits per heavy atom. The molecule has 0 aliphatic heterocycles. The lowest BCUT2D eigenvalue weighted by Crippen LogP contribution is -1.91. The van der Waals surface area contributed by atoms with Gasteiger partial charge in [0, 0.05) is 11.1 Å². The van der Waals surface area contributed by atoms with E-state index in [-0.39, 0.29) is 0 Å². The summed E-state index contributed by atoms with van der Waals surface area (Å²) >= 11 is 0. The van der Waals surface area contributed by atoms with E-state index in [1.54, 1.807) is 0 Å². The number of hydrogen-bond acceptors (Lipinski definition) is 2. The van der Waals surface area contributed by atoms with Crippen LogP contribution in [-0.4, -0.2) is 9.97 Å². The molecule has 9 aromatic carbocycles. The number of aromatic nitrogens is 2. The molecule has 0 saturated heterocycles. The van der Waals surface area contributed by atoms with Crippen LogP contribution in [0.2, 0.25) is 0 Å². The third kappa shape index (κ3) is 3.71. The third-order valence-electron chi connectivity index (χ3n) is 9.64. The monoisotopic (exact) mass is 582 g/mol. The van der Waals surface area contributed by atoms with Crippen LogP contribution in [0.15, 0.2) is 158 Å². The van der Waals surface area contributed by atoms with E-state index in [1.807, 2.05) is 30.6 Å². The highest BCUT2D eigenvalue weighted by Crippen LogP contribution is 2.44. The maximum absolute atomic E-state index is 4.82. The van der Waals surface area contributed by atoms with E-state index in [2.05, 4.69) is 127 Å². The molecule has 10 rings (SSSR count). The Kier molecular flexibility index (Phi) is 5.31. The molecule has 0 spiro atoms. The van der Waals surface area contributed by atoms with Gasteiger partial charge in [0.05, 0.1) is 23.8 Å². The van der Waals surface area contributed by atoms with Gasteiger partial charge in [-0.1, -0.05) is 127 Å². The fourth-order valence-electron chi connectivity index (χ4n) is 7.54. The van der Waals surface area contributed by atoms with Crippen LogP contribution in [0, 0.1) is 0 Å². The largest absolute Gasteiger partial charge is 0.252 e. The summed E-state index contributed by atoms with van der Waals surface area (Å²) in [6.07, 6.45) is 3.75. The van der Waals surface area contributed by atoms with Gasteiger partial charge < -0.3 is 0 Å². The molecule has 2 nitrogen and oxygen atoms in total. The van der Waals surface area contributed by atoms with Crippen LogP contribution in [0.25, 0.3) is 98.3 Å². The summed E-state index contributed by atoms with van der Waals surface area (Å²) in [5.41, 5.74) is 6.20. The first kappa shape index (κ1) is 25.2. The molecule has 212 valence electrons. The average Bonchev–Trinajstić information content (AvgIpc) is 3.13. The molecular weight excluding hydrogens is 556 g/mol. The third-order valence-corrected chi connectivity index (χ3v) is 9.64. The summed E-state index contributed by atoms with van der Waals surface area (Å²) in [7, 11) is 0. The van der Waals surface area contributed by atoms with Gasteiger partial charge in [-0.15, -0.1) is 0 Å². The summed E-state index contributed by atoms with van der Waals surface area (Å²) in [6.45, 7) is 0. The molecule has 0 N–H and O–H groups in total. The Balaban J connectivity index is 1.26. The maximum atomic E-state index is 4.82. The molecule has 0 saturated carbocycles. The van der Waals surface area contributed by atoms with Crippen molar-refractivity contribution in [3.8, 4) is 33.6 Å². The lowest BCUT2D eigenvalue weighted by atomic mass is 9.86. The lowest BCUT2D eigenvalue weighted by Gasteiger charge is -2.17. The minimum Gasteiger partial charge on any atom is -0.252 e. The molecule has 0 aliphatic carbocycles. The first-order chi connectivity index (χ1) is 22.8. The zero-order valence-electron chi connectivity index (χ0n) is 24.9. The molecule has 0 atom stereocenters. The number of fused-ring (bicyclic) bond motifs is 2. The van der Waals surface area contributed by atoms with Crippen molar-refractivity contribution in [3.05, 3.63) is 158 Å². The predicted molar refractivity (Wildman–Crippen MR) is 195 cm³/mol. The highest BCUT2D eigenvalue weighted by molar-refractivity contribution is 6.37. The highest BCUT2D eigenvalue weighted by Gasteiger charge is 2.16. The highest BCUT2D eigenvalue weighted by atomic mass is 14.8.